The lowest BCUT2D eigenvalue weighted by Crippen LogP contribution is -2.37. The third-order valence-electron chi connectivity index (χ3n) is 7.71. The summed E-state index contributed by atoms with van der Waals surface area (Å²) in [5.74, 6) is -7.66. The smallest absolute Gasteiger partial charge is 0.400 e. The molecule has 1 aliphatic heterocycles. The van der Waals surface area contributed by atoms with Crippen LogP contribution in [0, 0.1) is 35.1 Å². The van der Waals surface area contributed by atoms with Gasteiger partial charge in [-0.25, -0.2) is 17.6 Å². The van der Waals surface area contributed by atoms with Gasteiger partial charge < -0.3 is 18.9 Å². The lowest BCUT2D eigenvalue weighted by atomic mass is 9.78. The second-order valence-electron chi connectivity index (χ2n) is 10.9. The summed E-state index contributed by atoms with van der Waals surface area (Å²) in [5.41, 5.74) is 0.240. The summed E-state index contributed by atoms with van der Waals surface area (Å²) in [7, 11) is 0. The molecular weight excluding hydrogens is 588 g/mol. The molecule has 0 N–H and O–H groups in total. The third-order valence-corrected chi connectivity index (χ3v) is 7.71. The molecule has 0 bridgehead atoms. The normalized spacial score (nSPS) is 22.9. The Morgan fingerprint density at radius 2 is 1.44 bits per heavy atom. The molecule has 232 valence electrons. The van der Waals surface area contributed by atoms with Crippen molar-refractivity contribution in [3.63, 3.8) is 0 Å². The summed E-state index contributed by atoms with van der Waals surface area (Å²) in [5, 5.41) is 0. The van der Waals surface area contributed by atoms with Crippen LogP contribution in [0.25, 0.3) is 11.1 Å². The molecule has 2 fully saturated rings. The molecule has 0 unspecified atom stereocenters. The minimum absolute atomic E-state index is 0.0255. The van der Waals surface area contributed by atoms with Crippen molar-refractivity contribution in [1.82, 2.24) is 0 Å². The zero-order chi connectivity index (χ0) is 30.9. The monoisotopic (exact) mass is 616 g/mol. The number of hydrogen-bond donors (Lipinski definition) is 0. The number of rotatable bonds is 8. The van der Waals surface area contributed by atoms with E-state index in [1.807, 2.05) is 6.92 Å². The molecular formula is C31H28F8O4. The highest BCUT2D eigenvalue weighted by molar-refractivity contribution is 5.66. The van der Waals surface area contributed by atoms with Gasteiger partial charge in [0.05, 0.1) is 19.1 Å². The van der Waals surface area contributed by atoms with Gasteiger partial charge in [-0.15, -0.1) is 0 Å². The molecule has 1 saturated heterocycles. The molecule has 43 heavy (non-hydrogen) atoms. The van der Waals surface area contributed by atoms with Gasteiger partial charge in [-0.05, 0) is 73.1 Å². The fourth-order valence-corrected chi connectivity index (χ4v) is 5.50. The average Bonchev–Trinajstić information content (AvgIpc) is 2.95. The summed E-state index contributed by atoms with van der Waals surface area (Å²) >= 11 is 0. The maximum Gasteiger partial charge on any atom is 0.400 e. The van der Waals surface area contributed by atoms with Gasteiger partial charge in [-0.2, -0.15) is 17.6 Å². The molecule has 1 saturated carbocycles. The van der Waals surface area contributed by atoms with E-state index in [2.05, 4.69) is 4.74 Å². The van der Waals surface area contributed by atoms with Crippen LogP contribution in [0.5, 0.6) is 11.5 Å². The first-order valence-corrected chi connectivity index (χ1v) is 13.7. The molecule has 3 aromatic carbocycles. The number of ether oxygens (including phenoxy) is 4. The molecule has 0 aromatic heterocycles. The largest absolute Gasteiger partial charge is 0.432 e. The predicted molar refractivity (Wildman–Crippen MR) is 139 cm³/mol. The highest BCUT2D eigenvalue weighted by Gasteiger charge is 2.44. The van der Waals surface area contributed by atoms with Crippen molar-refractivity contribution in [3.05, 3.63) is 82.9 Å². The van der Waals surface area contributed by atoms with E-state index < -0.39 is 59.7 Å². The van der Waals surface area contributed by atoms with Crippen LogP contribution in [0.2, 0.25) is 0 Å². The summed E-state index contributed by atoms with van der Waals surface area (Å²) < 4.78 is 133. The van der Waals surface area contributed by atoms with Gasteiger partial charge in [-0.1, -0.05) is 19.1 Å². The van der Waals surface area contributed by atoms with E-state index in [1.165, 1.54) is 6.07 Å². The van der Waals surface area contributed by atoms with E-state index >= 15 is 8.78 Å². The van der Waals surface area contributed by atoms with Gasteiger partial charge in [0.1, 0.15) is 17.4 Å². The first kappa shape index (κ1) is 31.1. The Kier molecular flexibility index (Phi) is 9.17. The standard InChI is InChI=1S/C31H28F8O4/c1-16-14-40-29(41-15-16)18-4-8-22(24(32)10-18)17-2-5-20(6-3-17)31(38,39)43-21-7-9-23(25(33)13-21)19-11-26(34)28(27(35)12-19)42-30(36)37/h4,7-13,16-17,20,29-30H,2-3,5-6,14-15H2,1H3. The quantitative estimate of drug-likeness (QED) is 0.237. The van der Waals surface area contributed by atoms with E-state index in [1.54, 1.807) is 12.1 Å². The van der Waals surface area contributed by atoms with Gasteiger partial charge >= 0.3 is 12.7 Å². The maximum atomic E-state index is 15.1. The zero-order valence-electron chi connectivity index (χ0n) is 22.9. The van der Waals surface area contributed by atoms with Crippen LogP contribution in [-0.4, -0.2) is 25.9 Å². The van der Waals surface area contributed by atoms with Crippen molar-refractivity contribution in [2.24, 2.45) is 11.8 Å². The summed E-state index contributed by atoms with van der Waals surface area (Å²) in [4.78, 5) is 0. The van der Waals surface area contributed by atoms with Crippen molar-refractivity contribution in [1.29, 1.82) is 0 Å². The second kappa shape index (κ2) is 12.7. The Morgan fingerprint density at radius 3 is 2.02 bits per heavy atom. The lowest BCUT2D eigenvalue weighted by molar-refractivity contribution is -0.222. The van der Waals surface area contributed by atoms with Crippen LogP contribution in [0.3, 0.4) is 0 Å². The van der Waals surface area contributed by atoms with Gasteiger partial charge in [0.2, 0.25) is 0 Å². The van der Waals surface area contributed by atoms with Crippen LogP contribution in [0.4, 0.5) is 35.1 Å². The highest BCUT2D eigenvalue weighted by Crippen LogP contribution is 2.44. The van der Waals surface area contributed by atoms with Crippen molar-refractivity contribution < 1.29 is 54.1 Å². The van der Waals surface area contributed by atoms with Gasteiger partial charge in [0.15, 0.2) is 23.7 Å². The molecule has 12 heteroatoms. The maximum absolute atomic E-state index is 15.1. The van der Waals surface area contributed by atoms with E-state index in [9.17, 15) is 26.3 Å². The molecule has 0 radical (unpaired) electrons. The topological polar surface area (TPSA) is 36.9 Å². The summed E-state index contributed by atoms with van der Waals surface area (Å²) in [6.07, 6.45) is -3.72. The minimum atomic E-state index is -3.68. The minimum Gasteiger partial charge on any atom is -0.432 e. The van der Waals surface area contributed by atoms with Crippen molar-refractivity contribution >= 4 is 0 Å². The highest BCUT2D eigenvalue weighted by atomic mass is 19.3. The van der Waals surface area contributed by atoms with Gasteiger partial charge in [0.25, 0.3) is 0 Å². The van der Waals surface area contributed by atoms with Crippen LogP contribution in [0.1, 0.15) is 55.9 Å². The first-order valence-electron chi connectivity index (χ1n) is 13.7. The molecule has 0 spiro atoms. The fraction of sp³-hybridized carbons (Fsp3) is 0.419. The van der Waals surface area contributed by atoms with E-state index in [0.717, 1.165) is 12.1 Å². The Balaban J connectivity index is 1.21. The molecule has 0 amide bonds. The Labute approximate surface area is 242 Å². The predicted octanol–water partition coefficient (Wildman–Crippen LogP) is 9.14. The number of alkyl halides is 4. The third kappa shape index (κ3) is 7.06. The Bertz CT molecular complexity index is 1410. The zero-order valence-corrected chi connectivity index (χ0v) is 22.9. The van der Waals surface area contributed by atoms with Crippen molar-refractivity contribution in [2.75, 3.05) is 13.2 Å². The number of hydrogen-bond acceptors (Lipinski definition) is 4. The van der Waals surface area contributed by atoms with Crippen molar-refractivity contribution in [3.8, 4) is 22.6 Å². The number of halogens is 8. The number of benzene rings is 3. The van der Waals surface area contributed by atoms with E-state index in [0.29, 0.717) is 42.5 Å². The second-order valence-corrected chi connectivity index (χ2v) is 10.9. The molecule has 0 atom stereocenters. The summed E-state index contributed by atoms with van der Waals surface area (Å²) in [6.45, 7) is -0.499. The van der Waals surface area contributed by atoms with E-state index in [-0.39, 0.29) is 48.6 Å². The Morgan fingerprint density at radius 1 is 0.791 bits per heavy atom. The van der Waals surface area contributed by atoms with Gasteiger partial charge in [-0.3, -0.25) is 0 Å². The van der Waals surface area contributed by atoms with Crippen LogP contribution in [0.15, 0.2) is 48.5 Å². The first-order chi connectivity index (χ1) is 20.4. The van der Waals surface area contributed by atoms with Gasteiger partial charge in [0, 0.05) is 23.1 Å². The van der Waals surface area contributed by atoms with Crippen LogP contribution < -0.4 is 9.47 Å². The molecule has 4 nitrogen and oxygen atoms in total. The van der Waals surface area contributed by atoms with Crippen molar-refractivity contribution in [2.45, 2.75) is 57.5 Å². The molecule has 2 aliphatic rings. The molecule has 3 aromatic rings. The van der Waals surface area contributed by atoms with Crippen LogP contribution in [-0.2, 0) is 9.47 Å². The SMILES string of the molecule is CC1COC(c2ccc(C3CCC(C(F)(F)Oc4ccc(-c5cc(F)c(OC(F)F)c(F)c5)c(F)c4)CC3)c(F)c2)OC1. The molecule has 1 aliphatic carbocycles. The Hall–Kier alpha value is -3.38. The average molecular weight is 617 g/mol. The molecule has 5 rings (SSSR count). The fourth-order valence-electron chi connectivity index (χ4n) is 5.50. The van der Waals surface area contributed by atoms with E-state index in [4.69, 9.17) is 14.2 Å². The molecule has 1 heterocycles. The van der Waals surface area contributed by atoms with Crippen LogP contribution >= 0.6 is 0 Å². The summed E-state index contributed by atoms with van der Waals surface area (Å²) in [6, 6.07) is 8.51. The lowest BCUT2D eigenvalue weighted by Gasteiger charge is -2.34.